The van der Waals surface area contributed by atoms with E-state index < -0.39 is 23.1 Å². The van der Waals surface area contributed by atoms with Gasteiger partial charge in [-0.15, -0.1) is 0 Å². The Kier molecular flexibility index (Phi) is 5.73. The van der Waals surface area contributed by atoms with Crippen LogP contribution in [0.25, 0.3) is 10.3 Å². The van der Waals surface area contributed by atoms with Crippen LogP contribution in [-0.2, 0) is 11.3 Å². The minimum atomic E-state index is -0.763. The lowest BCUT2D eigenvalue weighted by atomic mass is 10.3. The van der Waals surface area contributed by atoms with Crippen molar-refractivity contribution in [3.05, 3.63) is 46.5 Å². The summed E-state index contributed by atoms with van der Waals surface area (Å²) in [5.74, 6) is -2.10. The average Bonchev–Trinajstić information content (AvgIpc) is 3.18. The number of aromatic nitrogens is 3. The Labute approximate surface area is 174 Å². The number of piperazine rings is 1. The number of halogens is 2. The summed E-state index contributed by atoms with van der Waals surface area (Å²) in [4.78, 5) is 38.1. The van der Waals surface area contributed by atoms with Crippen molar-refractivity contribution in [2.45, 2.75) is 13.5 Å². The number of hydrogen-bond donors (Lipinski definition) is 1. The van der Waals surface area contributed by atoms with E-state index in [1.54, 1.807) is 0 Å². The number of carbonyl (C=O) groups is 1. The summed E-state index contributed by atoms with van der Waals surface area (Å²) in [5, 5.41) is 3.01. The van der Waals surface area contributed by atoms with Gasteiger partial charge in [0.2, 0.25) is 5.91 Å². The number of thiazole rings is 1. The van der Waals surface area contributed by atoms with Crippen LogP contribution in [0.4, 0.5) is 19.6 Å². The Morgan fingerprint density at radius 1 is 1.23 bits per heavy atom. The molecule has 3 aromatic rings. The summed E-state index contributed by atoms with van der Waals surface area (Å²) in [6.45, 7) is 6.26. The molecule has 1 aliphatic rings. The number of anilines is 2. The number of nitrogens with one attached hydrogen (secondary N) is 1. The van der Waals surface area contributed by atoms with E-state index >= 15 is 0 Å². The van der Waals surface area contributed by atoms with E-state index in [-0.39, 0.29) is 12.2 Å². The molecule has 1 fully saturated rings. The number of nitrogens with zero attached hydrogens (tertiary/aromatic N) is 5. The zero-order chi connectivity index (χ0) is 21.3. The molecular weight excluding hydrogens is 414 g/mol. The van der Waals surface area contributed by atoms with Crippen molar-refractivity contribution in [1.29, 1.82) is 0 Å². The van der Waals surface area contributed by atoms with Crippen molar-refractivity contribution >= 4 is 38.4 Å². The van der Waals surface area contributed by atoms with Crippen LogP contribution in [0.15, 0.2) is 29.3 Å². The predicted octanol–water partition coefficient (Wildman–Crippen LogP) is 1.91. The highest BCUT2D eigenvalue weighted by atomic mass is 32.1. The number of benzene rings is 1. The molecule has 1 saturated heterocycles. The molecule has 3 heterocycles. The maximum atomic E-state index is 13.7. The predicted molar refractivity (Wildman–Crippen MR) is 111 cm³/mol. The molecule has 0 atom stereocenters. The van der Waals surface area contributed by atoms with Gasteiger partial charge in [-0.3, -0.25) is 14.2 Å². The van der Waals surface area contributed by atoms with E-state index in [0.717, 1.165) is 60.6 Å². The van der Waals surface area contributed by atoms with Crippen LogP contribution < -0.4 is 15.8 Å². The molecule has 0 aliphatic carbocycles. The largest absolute Gasteiger partial charge is 0.345 e. The zero-order valence-corrected chi connectivity index (χ0v) is 17.1. The van der Waals surface area contributed by atoms with Gasteiger partial charge in [-0.1, -0.05) is 18.3 Å². The van der Waals surface area contributed by atoms with Crippen molar-refractivity contribution in [2.24, 2.45) is 0 Å². The minimum Gasteiger partial charge on any atom is -0.345 e. The Bertz CT molecular complexity index is 1140. The van der Waals surface area contributed by atoms with Crippen LogP contribution in [0, 0.1) is 11.6 Å². The Morgan fingerprint density at radius 2 is 2.00 bits per heavy atom. The van der Waals surface area contributed by atoms with Crippen LogP contribution in [0.1, 0.15) is 6.92 Å². The first-order valence-electron chi connectivity index (χ1n) is 9.52. The van der Waals surface area contributed by atoms with Crippen molar-refractivity contribution in [1.82, 2.24) is 19.4 Å². The lowest BCUT2D eigenvalue weighted by molar-refractivity contribution is -0.116. The van der Waals surface area contributed by atoms with Gasteiger partial charge in [-0.2, -0.15) is 4.98 Å². The van der Waals surface area contributed by atoms with E-state index in [0.29, 0.717) is 10.3 Å². The minimum absolute atomic E-state index is 0.284. The highest BCUT2D eigenvalue weighted by Crippen LogP contribution is 2.26. The molecule has 8 nitrogen and oxygen atoms in total. The number of rotatable bonds is 5. The summed E-state index contributed by atoms with van der Waals surface area (Å²) >= 11 is 1.25. The topological polar surface area (TPSA) is 83.4 Å². The van der Waals surface area contributed by atoms with Gasteiger partial charge in [0, 0.05) is 32.2 Å². The second-order valence-electron chi connectivity index (χ2n) is 6.92. The Morgan fingerprint density at radius 3 is 2.73 bits per heavy atom. The smallest absolute Gasteiger partial charge is 0.273 e. The molecule has 1 aromatic carbocycles. The van der Waals surface area contributed by atoms with Gasteiger partial charge in [0.25, 0.3) is 5.56 Å². The van der Waals surface area contributed by atoms with Gasteiger partial charge in [0.1, 0.15) is 29.2 Å². The third-order valence-corrected chi connectivity index (χ3v) is 6.07. The molecule has 11 heteroatoms. The van der Waals surface area contributed by atoms with E-state index in [1.165, 1.54) is 17.7 Å². The Balaban J connectivity index is 1.51. The fourth-order valence-corrected chi connectivity index (χ4v) is 4.30. The van der Waals surface area contributed by atoms with E-state index in [1.807, 2.05) is 0 Å². The monoisotopic (exact) mass is 434 g/mol. The molecule has 1 aliphatic heterocycles. The van der Waals surface area contributed by atoms with Gasteiger partial charge < -0.3 is 15.1 Å². The molecular formula is C19H20F2N6O2S. The first-order valence-corrected chi connectivity index (χ1v) is 10.3. The number of fused-ring (bicyclic) bond motifs is 1. The van der Waals surface area contributed by atoms with Crippen LogP contribution in [0.3, 0.4) is 0 Å². The van der Waals surface area contributed by atoms with Gasteiger partial charge in [0.05, 0.1) is 5.69 Å². The lowest BCUT2D eigenvalue weighted by Gasteiger charge is -2.33. The van der Waals surface area contributed by atoms with Crippen LogP contribution in [-0.4, -0.2) is 58.1 Å². The number of amides is 1. The molecule has 0 radical (unpaired) electrons. The van der Waals surface area contributed by atoms with Crippen molar-refractivity contribution in [3.63, 3.8) is 0 Å². The standard InChI is InChI=1S/C19H20F2N6O2S/c1-2-25-5-7-26(8-6-25)19-24-17-16(30-19)18(29)27(11-22-17)10-15(28)23-14-9-12(20)3-4-13(14)21/h3-4,9,11H,2,5-8,10H2,1H3,(H,23,28). The summed E-state index contributed by atoms with van der Waals surface area (Å²) in [5.41, 5.74) is -0.343. The molecule has 1 N–H and O–H groups in total. The molecule has 2 aromatic heterocycles. The molecule has 30 heavy (non-hydrogen) atoms. The maximum absolute atomic E-state index is 13.7. The van der Waals surface area contributed by atoms with Crippen molar-refractivity contribution in [2.75, 3.05) is 42.9 Å². The third kappa shape index (κ3) is 4.17. The summed E-state index contributed by atoms with van der Waals surface area (Å²) < 4.78 is 28.5. The van der Waals surface area contributed by atoms with Crippen LogP contribution >= 0.6 is 11.3 Å². The fourth-order valence-electron chi connectivity index (χ4n) is 3.28. The van der Waals surface area contributed by atoms with Crippen LogP contribution in [0.2, 0.25) is 0 Å². The summed E-state index contributed by atoms with van der Waals surface area (Å²) in [7, 11) is 0. The SMILES string of the molecule is CCN1CCN(c2nc3ncn(CC(=O)Nc4cc(F)ccc4F)c(=O)c3s2)CC1. The Hall–Kier alpha value is -2.92. The molecule has 1 amide bonds. The van der Waals surface area contributed by atoms with E-state index in [9.17, 15) is 18.4 Å². The average molecular weight is 434 g/mol. The third-order valence-electron chi connectivity index (χ3n) is 4.98. The van der Waals surface area contributed by atoms with Crippen LogP contribution in [0.5, 0.6) is 0 Å². The molecule has 0 bridgehead atoms. The summed E-state index contributed by atoms with van der Waals surface area (Å²) in [6.07, 6.45) is 1.24. The quantitative estimate of drug-likeness (QED) is 0.661. The van der Waals surface area contributed by atoms with Gasteiger partial charge >= 0.3 is 0 Å². The highest BCUT2D eigenvalue weighted by molar-refractivity contribution is 7.22. The molecule has 0 unspecified atom stereocenters. The molecule has 4 rings (SSSR count). The molecule has 0 spiro atoms. The zero-order valence-electron chi connectivity index (χ0n) is 16.3. The van der Waals surface area contributed by atoms with E-state index in [4.69, 9.17) is 0 Å². The first-order chi connectivity index (χ1) is 14.4. The second-order valence-corrected chi connectivity index (χ2v) is 7.90. The van der Waals surface area contributed by atoms with E-state index in [2.05, 4.69) is 32.0 Å². The van der Waals surface area contributed by atoms with Gasteiger partial charge in [0.15, 0.2) is 10.8 Å². The van der Waals surface area contributed by atoms with Crippen molar-refractivity contribution < 1.29 is 13.6 Å². The number of hydrogen-bond acceptors (Lipinski definition) is 7. The maximum Gasteiger partial charge on any atom is 0.273 e. The van der Waals surface area contributed by atoms with Gasteiger partial charge in [-0.05, 0) is 18.7 Å². The first kappa shape index (κ1) is 20.4. The summed E-state index contributed by atoms with van der Waals surface area (Å²) in [6, 6.07) is 2.76. The molecule has 0 saturated carbocycles. The van der Waals surface area contributed by atoms with Crippen molar-refractivity contribution in [3.8, 4) is 0 Å². The lowest BCUT2D eigenvalue weighted by Crippen LogP contribution is -2.46. The number of carbonyl (C=O) groups excluding carboxylic acids is 1. The normalized spacial score (nSPS) is 15.0. The molecule has 158 valence electrons. The highest BCUT2D eigenvalue weighted by Gasteiger charge is 2.21. The van der Waals surface area contributed by atoms with Gasteiger partial charge in [-0.25, -0.2) is 13.8 Å². The second kappa shape index (κ2) is 8.44. The fraction of sp³-hybridized carbons (Fsp3) is 0.368. The number of likely N-dealkylation sites (N-methyl/N-ethyl adjacent to an activating group) is 1.